The van der Waals surface area contributed by atoms with Crippen LogP contribution in [0.5, 0.6) is 0 Å². The average Bonchev–Trinajstić information content (AvgIpc) is 3.53. The van der Waals surface area contributed by atoms with Crippen molar-refractivity contribution >= 4 is 39.6 Å². The molecule has 4 heterocycles. The third kappa shape index (κ3) is 3.89. The Morgan fingerprint density at radius 1 is 1.13 bits per heavy atom. The normalized spacial score (nSPS) is 13.1. The summed E-state index contributed by atoms with van der Waals surface area (Å²) in [5.74, 6) is -0.210. The van der Waals surface area contributed by atoms with Crippen LogP contribution < -0.4 is 5.32 Å². The van der Waals surface area contributed by atoms with E-state index in [0.717, 1.165) is 21.8 Å². The number of aromatic nitrogens is 3. The van der Waals surface area contributed by atoms with Gasteiger partial charge in [0, 0.05) is 30.5 Å². The Labute approximate surface area is 187 Å². The van der Waals surface area contributed by atoms with E-state index in [1.807, 2.05) is 52.7 Å². The van der Waals surface area contributed by atoms with Crippen LogP contribution in [0.4, 0.5) is 5.13 Å². The Hall–Kier alpha value is -3.30. The molecule has 0 saturated carbocycles. The minimum Gasteiger partial charge on any atom is -0.332 e. The number of thiophene rings is 1. The predicted octanol–water partition coefficient (Wildman–Crippen LogP) is 4.06. The summed E-state index contributed by atoms with van der Waals surface area (Å²) in [5, 5.41) is 9.83. The summed E-state index contributed by atoms with van der Waals surface area (Å²) >= 11 is 2.82. The van der Waals surface area contributed by atoms with E-state index < -0.39 is 0 Å². The molecule has 1 aliphatic heterocycles. The van der Waals surface area contributed by atoms with E-state index in [2.05, 4.69) is 15.4 Å². The molecule has 1 N–H and O–H groups in total. The second-order valence-corrected chi connectivity index (χ2v) is 9.23. The molecule has 0 saturated heterocycles. The van der Waals surface area contributed by atoms with Crippen molar-refractivity contribution in [1.82, 2.24) is 19.7 Å². The third-order valence-corrected chi connectivity index (χ3v) is 7.02. The van der Waals surface area contributed by atoms with Crippen molar-refractivity contribution in [1.29, 1.82) is 0 Å². The lowest BCUT2D eigenvalue weighted by Crippen LogP contribution is -2.36. The Bertz CT molecular complexity index is 1240. The molecule has 0 radical (unpaired) electrons. The van der Waals surface area contributed by atoms with Gasteiger partial charge in [-0.3, -0.25) is 19.6 Å². The summed E-state index contributed by atoms with van der Waals surface area (Å²) < 4.78 is 1.64. The van der Waals surface area contributed by atoms with Crippen LogP contribution >= 0.6 is 22.7 Å². The third-order valence-electron chi connectivity index (χ3n) is 5.15. The number of hydrogen-bond acceptors (Lipinski definition) is 6. The Balaban J connectivity index is 1.32. The molecule has 156 valence electrons. The van der Waals surface area contributed by atoms with Gasteiger partial charge in [-0.15, -0.1) is 11.3 Å². The highest BCUT2D eigenvalue weighted by atomic mass is 32.1. The molecule has 0 fully saturated rings. The van der Waals surface area contributed by atoms with Crippen molar-refractivity contribution in [3.63, 3.8) is 0 Å². The van der Waals surface area contributed by atoms with Gasteiger partial charge in [-0.2, -0.15) is 5.10 Å². The quantitative estimate of drug-likeness (QED) is 0.510. The first-order valence-corrected chi connectivity index (χ1v) is 11.5. The van der Waals surface area contributed by atoms with Crippen molar-refractivity contribution in [2.75, 3.05) is 11.9 Å². The second-order valence-electron chi connectivity index (χ2n) is 7.20. The highest BCUT2D eigenvalue weighted by Crippen LogP contribution is 2.30. The first-order chi connectivity index (χ1) is 15.1. The number of anilines is 1. The summed E-state index contributed by atoms with van der Waals surface area (Å²) in [6.45, 7) is 1.06. The number of aryl methyl sites for hydroxylation is 1. The molecule has 1 aromatic carbocycles. The predicted molar refractivity (Wildman–Crippen MR) is 121 cm³/mol. The number of carbonyl (C=O) groups is 2. The molecule has 0 atom stereocenters. The van der Waals surface area contributed by atoms with E-state index in [9.17, 15) is 9.59 Å². The molecule has 3 aromatic heterocycles. The second kappa shape index (κ2) is 8.09. The molecular formula is C22H19N5O2S2. The first kappa shape index (κ1) is 19.7. The molecule has 0 spiro atoms. The summed E-state index contributed by atoms with van der Waals surface area (Å²) in [6, 6.07) is 15.3. The number of fused-ring (bicyclic) bond motifs is 1. The Morgan fingerprint density at radius 2 is 1.97 bits per heavy atom. The molecule has 4 aromatic rings. The fourth-order valence-corrected chi connectivity index (χ4v) is 5.21. The highest BCUT2D eigenvalue weighted by molar-refractivity contribution is 7.16. The monoisotopic (exact) mass is 449 g/mol. The van der Waals surface area contributed by atoms with Crippen LogP contribution in [0.3, 0.4) is 0 Å². The largest absolute Gasteiger partial charge is 0.332 e. The minimum atomic E-state index is -0.155. The van der Waals surface area contributed by atoms with Crippen LogP contribution in [-0.2, 0) is 20.0 Å². The molecule has 0 bridgehead atoms. The summed E-state index contributed by atoms with van der Waals surface area (Å²) in [6.07, 6.45) is 0.663. The maximum Gasteiger partial charge on any atom is 0.272 e. The molecule has 9 heteroatoms. The molecular weight excluding hydrogens is 430 g/mol. The molecule has 2 amide bonds. The van der Waals surface area contributed by atoms with E-state index >= 15 is 0 Å². The topological polar surface area (TPSA) is 80.1 Å². The van der Waals surface area contributed by atoms with Crippen molar-refractivity contribution in [2.45, 2.75) is 13.0 Å². The van der Waals surface area contributed by atoms with Crippen molar-refractivity contribution in [3.8, 4) is 11.3 Å². The summed E-state index contributed by atoms with van der Waals surface area (Å²) in [4.78, 5) is 33.5. The van der Waals surface area contributed by atoms with Crippen LogP contribution in [0.25, 0.3) is 11.3 Å². The van der Waals surface area contributed by atoms with Gasteiger partial charge in [-0.25, -0.2) is 4.98 Å². The van der Waals surface area contributed by atoms with Gasteiger partial charge in [-0.1, -0.05) is 47.7 Å². The Kier molecular flexibility index (Phi) is 5.13. The van der Waals surface area contributed by atoms with Gasteiger partial charge in [-0.05, 0) is 17.5 Å². The molecule has 1 aliphatic rings. The molecule has 5 rings (SSSR count). The van der Waals surface area contributed by atoms with Gasteiger partial charge in [0.25, 0.3) is 11.8 Å². The van der Waals surface area contributed by atoms with Crippen LogP contribution in [-0.4, -0.2) is 38.0 Å². The maximum absolute atomic E-state index is 13.2. The zero-order valence-corrected chi connectivity index (χ0v) is 18.4. The number of hydrogen-bond donors (Lipinski definition) is 1. The van der Waals surface area contributed by atoms with Gasteiger partial charge in [0.2, 0.25) is 0 Å². The maximum atomic E-state index is 13.2. The summed E-state index contributed by atoms with van der Waals surface area (Å²) in [5.41, 5.74) is 3.26. The van der Waals surface area contributed by atoms with Gasteiger partial charge < -0.3 is 4.90 Å². The van der Waals surface area contributed by atoms with Crippen LogP contribution in [0.15, 0.2) is 53.9 Å². The number of amides is 2. The number of nitrogens with one attached hydrogen (secondary N) is 1. The lowest BCUT2D eigenvalue weighted by Gasteiger charge is -2.25. The fraction of sp³-hybridized carbons (Fsp3) is 0.182. The van der Waals surface area contributed by atoms with E-state index in [0.29, 0.717) is 35.2 Å². The number of carbonyl (C=O) groups excluding carboxylic acids is 2. The molecule has 0 aliphatic carbocycles. The van der Waals surface area contributed by atoms with Crippen molar-refractivity contribution < 1.29 is 9.59 Å². The Morgan fingerprint density at radius 3 is 2.74 bits per heavy atom. The molecule has 7 nitrogen and oxygen atoms in total. The fourth-order valence-electron chi connectivity index (χ4n) is 3.57. The molecule has 0 unspecified atom stereocenters. The molecule has 31 heavy (non-hydrogen) atoms. The van der Waals surface area contributed by atoms with Gasteiger partial charge in [0.15, 0.2) is 5.13 Å². The van der Waals surface area contributed by atoms with E-state index in [1.54, 1.807) is 17.8 Å². The van der Waals surface area contributed by atoms with Gasteiger partial charge >= 0.3 is 0 Å². The van der Waals surface area contributed by atoms with Crippen LogP contribution in [0.1, 0.15) is 30.7 Å². The van der Waals surface area contributed by atoms with Crippen molar-refractivity contribution in [3.05, 3.63) is 75.1 Å². The number of nitrogens with zero attached hydrogens (tertiary/aromatic N) is 4. The average molecular weight is 450 g/mol. The number of benzene rings is 1. The first-order valence-electron chi connectivity index (χ1n) is 9.80. The lowest BCUT2D eigenvalue weighted by atomic mass is 10.1. The van der Waals surface area contributed by atoms with Gasteiger partial charge in [0.05, 0.1) is 22.8 Å². The smallest absolute Gasteiger partial charge is 0.272 e. The van der Waals surface area contributed by atoms with Crippen molar-refractivity contribution in [2.24, 2.45) is 7.05 Å². The number of rotatable bonds is 4. The summed E-state index contributed by atoms with van der Waals surface area (Å²) in [7, 11) is 1.79. The van der Waals surface area contributed by atoms with E-state index in [-0.39, 0.29) is 11.8 Å². The van der Waals surface area contributed by atoms with Crippen LogP contribution in [0, 0.1) is 0 Å². The van der Waals surface area contributed by atoms with Gasteiger partial charge in [0.1, 0.15) is 5.69 Å². The van der Waals surface area contributed by atoms with Crippen LogP contribution in [0.2, 0.25) is 0 Å². The SMILES string of the molecule is Cn1nc(-c2ccccc2)cc1C(=O)N1CCc2nc(NC(=O)c3cccs3)sc2C1. The zero-order chi connectivity index (χ0) is 21.4. The standard InChI is InChI=1S/C22H19N5O2S2/c1-26-17(12-16(25-26)14-6-3-2-4-7-14)21(29)27-10-9-15-19(13-27)31-22(23-15)24-20(28)18-8-5-11-30-18/h2-8,11-12H,9-10,13H2,1H3,(H,23,24,28). The highest BCUT2D eigenvalue weighted by Gasteiger charge is 2.27. The van der Waals surface area contributed by atoms with E-state index in [4.69, 9.17) is 0 Å². The lowest BCUT2D eigenvalue weighted by molar-refractivity contribution is 0.0725. The van der Waals surface area contributed by atoms with E-state index in [1.165, 1.54) is 22.7 Å². The zero-order valence-electron chi connectivity index (χ0n) is 16.7. The number of thiazole rings is 1. The minimum absolute atomic E-state index is 0.0552.